The fraction of sp³-hybridized carbons (Fsp3) is 0.548. The van der Waals surface area contributed by atoms with Crippen LogP contribution in [0.15, 0.2) is 54.6 Å². The van der Waals surface area contributed by atoms with Crippen LogP contribution in [0.3, 0.4) is 0 Å². The van der Waals surface area contributed by atoms with E-state index in [4.69, 9.17) is 14.2 Å². The maximum Gasteiger partial charge on any atom is 0.312 e. The highest BCUT2D eigenvalue weighted by Gasteiger charge is 2.40. The number of esters is 1. The first-order valence-corrected chi connectivity index (χ1v) is 18.8. The molecule has 0 spiro atoms. The van der Waals surface area contributed by atoms with Crippen LogP contribution in [0.4, 0.5) is 4.39 Å². The molecule has 0 aliphatic heterocycles. The van der Waals surface area contributed by atoms with Gasteiger partial charge in [0.15, 0.2) is 11.6 Å². The molecule has 2 N–H and O–H groups in total. The minimum atomic E-state index is -0.677. The van der Waals surface area contributed by atoms with Gasteiger partial charge in [-0.2, -0.15) is 0 Å². The van der Waals surface area contributed by atoms with Gasteiger partial charge in [-0.3, -0.25) is 14.4 Å². The fourth-order valence-corrected chi connectivity index (χ4v) is 8.04. The smallest absolute Gasteiger partial charge is 0.312 e. The Morgan fingerprint density at radius 2 is 1.57 bits per heavy atom. The molecule has 3 aliphatic carbocycles. The maximum atomic E-state index is 15.4. The van der Waals surface area contributed by atoms with Crippen LogP contribution in [0.1, 0.15) is 113 Å². The lowest BCUT2D eigenvalue weighted by Gasteiger charge is -2.39. The number of carbonyl (C=O) groups is 3. The summed E-state index contributed by atoms with van der Waals surface area (Å²) in [5.41, 5.74) is 0.606. The number of hydrogen-bond donors (Lipinski definition) is 2. The van der Waals surface area contributed by atoms with Crippen LogP contribution in [0.25, 0.3) is 10.8 Å². The van der Waals surface area contributed by atoms with E-state index in [1.165, 1.54) is 25.7 Å². The standard InChI is InChI=1S/C42H53FN2O6/c1-41(20-11-21-41)27-44-38(46)32-16-6-4-5-7-17-35(32)45-39(47)33-24-37(34(43)25-36(33)49-3)51-30-18-22-42(2,23-19-30)40(48)50-26-29-14-10-13-28-12-8-9-15-31(28)29/h8-10,12-15,24-25,30,32,35H,4-7,11,16-23,26-27H2,1-3H3,(H,44,46)(H,45,47)/t30?,32-,35+,42?/m1/s1. The van der Waals surface area contributed by atoms with Crippen molar-refractivity contribution in [2.75, 3.05) is 13.7 Å². The van der Waals surface area contributed by atoms with Crippen molar-refractivity contribution in [2.24, 2.45) is 16.7 Å². The Morgan fingerprint density at radius 3 is 2.29 bits per heavy atom. The molecule has 2 amide bonds. The first-order chi connectivity index (χ1) is 24.6. The van der Waals surface area contributed by atoms with Crippen molar-refractivity contribution in [3.63, 3.8) is 0 Å². The van der Waals surface area contributed by atoms with Gasteiger partial charge in [-0.05, 0) is 86.1 Å². The molecule has 0 heterocycles. The first kappa shape index (κ1) is 36.6. The second-order valence-electron chi connectivity index (χ2n) is 15.6. The van der Waals surface area contributed by atoms with Crippen molar-refractivity contribution in [3.05, 3.63) is 71.5 Å². The third-order valence-electron chi connectivity index (χ3n) is 11.7. The quantitative estimate of drug-likeness (QED) is 0.195. The molecule has 0 saturated heterocycles. The van der Waals surface area contributed by atoms with E-state index in [2.05, 4.69) is 17.6 Å². The topological polar surface area (TPSA) is 103 Å². The van der Waals surface area contributed by atoms with Crippen LogP contribution in [0.5, 0.6) is 11.5 Å². The summed E-state index contributed by atoms with van der Waals surface area (Å²) in [7, 11) is 1.40. The first-order valence-electron chi connectivity index (χ1n) is 18.8. The van der Waals surface area contributed by atoms with Crippen molar-refractivity contribution in [1.82, 2.24) is 10.6 Å². The zero-order chi connectivity index (χ0) is 36.0. The molecule has 3 aliphatic rings. The van der Waals surface area contributed by atoms with Gasteiger partial charge < -0.3 is 24.8 Å². The fourth-order valence-electron chi connectivity index (χ4n) is 8.04. The van der Waals surface area contributed by atoms with Gasteiger partial charge in [0.1, 0.15) is 12.4 Å². The second kappa shape index (κ2) is 16.0. The Hall–Kier alpha value is -4.14. The average molecular weight is 701 g/mol. The number of halogens is 1. The van der Waals surface area contributed by atoms with Gasteiger partial charge in [-0.25, -0.2) is 4.39 Å². The minimum Gasteiger partial charge on any atom is -0.496 e. The number of methoxy groups -OCH3 is 1. The Morgan fingerprint density at radius 1 is 0.843 bits per heavy atom. The van der Waals surface area contributed by atoms with E-state index in [1.54, 1.807) is 0 Å². The molecule has 51 heavy (non-hydrogen) atoms. The van der Waals surface area contributed by atoms with E-state index < -0.39 is 17.1 Å². The number of carbonyl (C=O) groups excluding carboxylic acids is 3. The molecule has 274 valence electrons. The van der Waals surface area contributed by atoms with E-state index in [-0.39, 0.29) is 59.0 Å². The lowest BCUT2D eigenvalue weighted by molar-refractivity contribution is -0.159. The normalized spacial score (nSPS) is 24.7. The molecule has 9 heteroatoms. The lowest BCUT2D eigenvalue weighted by Crippen LogP contribution is -2.49. The van der Waals surface area contributed by atoms with Gasteiger partial charge >= 0.3 is 5.97 Å². The highest BCUT2D eigenvalue weighted by Crippen LogP contribution is 2.41. The summed E-state index contributed by atoms with van der Waals surface area (Å²) in [4.78, 5) is 40.6. The third kappa shape index (κ3) is 8.67. The Kier molecular flexibility index (Phi) is 11.5. The largest absolute Gasteiger partial charge is 0.496 e. The van der Waals surface area contributed by atoms with E-state index in [1.807, 2.05) is 49.4 Å². The molecule has 0 unspecified atom stereocenters. The monoisotopic (exact) mass is 700 g/mol. The van der Waals surface area contributed by atoms with Crippen LogP contribution < -0.4 is 20.1 Å². The summed E-state index contributed by atoms with van der Waals surface area (Å²) >= 11 is 0. The number of fused-ring (bicyclic) bond motifs is 1. The molecule has 3 aromatic carbocycles. The van der Waals surface area contributed by atoms with Gasteiger partial charge in [0.2, 0.25) is 5.91 Å². The maximum absolute atomic E-state index is 15.4. The van der Waals surface area contributed by atoms with Crippen LogP contribution in [-0.4, -0.2) is 43.6 Å². The highest BCUT2D eigenvalue weighted by atomic mass is 19.1. The number of rotatable bonds is 11. The second-order valence-corrected chi connectivity index (χ2v) is 15.6. The summed E-state index contributed by atoms with van der Waals surface area (Å²) in [6, 6.07) is 16.3. The summed E-state index contributed by atoms with van der Waals surface area (Å²) < 4.78 is 32.8. The van der Waals surface area contributed by atoms with Crippen molar-refractivity contribution < 1.29 is 33.0 Å². The molecule has 6 rings (SSSR count). The molecule has 3 fully saturated rings. The van der Waals surface area contributed by atoms with Crippen molar-refractivity contribution in [1.29, 1.82) is 0 Å². The van der Waals surface area contributed by atoms with Crippen molar-refractivity contribution in [3.8, 4) is 11.5 Å². The lowest BCUT2D eigenvalue weighted by atomic mass is 9.70. The van der Waals surface area contributed by atoms with E-state index >= 15 is 4.39 Å². The average Bonchev–Trinajstić information content (AvgIpc) is 3.11. The molecule has 0 bridgehead atoms. The molecular weight excluding hydrogens is 647 g/mol. The highest BCUT2D eigenvalue weighted by molar-refractivity contribution is 5.98. The van der Waals surface area contributed by atoms with Gasteiger partial charge in [-0.15, -0.1) is 0 Å². The molecule has 3 aromatic rings. The Bertz CT molecular complexity index is 1710. The number of amides is 2. The molecular formula is C42H53FN2O6. The van der Waals surface area contributed by atoms with Crippen LogP contribution >= 0.6 is 0 Å². The number of hydrogen-bond acceptors (Lipinski definition) is 6. The Labute approximate surface area is 301 Å². The van der Waals surface area contributed by atoms with Crippen LogP contribution in [-0.2, 0) is 20.9 Å². The summed E-state index contributed by atoms with van der Waals surface area (Å²) in [5.74, 6) is -1.57. The molecule has 3 saturated carbocycles. The molecule has 2 atom stereocenters. The summed E-state index contributed by atoms with van der Waals surface area (Å²) in [6.45, 7) is 4.98. The van der Waals surface area contributed by atoms with Crippen LogP contribution in [0, 0.1) is 22.6 Å². The number of benzene rings is 3. The van der Waals surface area contributed by atoms with E-state index in [0.29, 0.717) is 45.1 Å². The van der Waals surface area contributed by atoms with Gasteiger partial charge in [0.25, 0.3) is 5.91 Å². The van der Waals surface area contributed by atoms with Crippen molar-refractivity contribution in [2.45, 2.75) is 116 Å². The number of ether oxygens (including phenoxy) is 3. The molecule has 0 radical (unpaired) electrons. The van der Waals surface area contributed by atoms with E-state index in [9.17, 15) is 14.4 Å². The third-order valence-corrected chi connectivity index (χ3v) is 11.7. The zero-order valence-electron chi connectivity index (χ0n) is 30.4. The molecule has 8 nitrogen and oxygen atoms in total. The predicted molar refractivity (Wildman–Crippen MR) is 195 cm³/mol. The van der Waals surface area contributed by atoms with Gasteiger partial charge in [0, 0.05) is 18.7 Å². The summed E-state index contributed by atoms with van der Waals surface area (Å²) in [5, 5.41) is 8.48. The zero-order valence-corrected chi connectivity index (χ0v) is 30.4. The van der Waals surface area contributed by atoms with Crippen LogP contribution in [0.2, 0.25) is 0 Å². The van der Waals surface area contributed by atoms with Gasteiger partial charge in [-0.1, -0.05) is 81.5 Å². The number of nitrogens with one attached hydrogen (secondary N) is 2. The van der Waals surface area contributed by atoms with E-state index in [0.717, 1.165) is 54.9 Å². The van der Waals surface area contributed by atoms with Gasteiger partial charge in [0.05, 0.1) is 30.1 Å². The SMILES string of the molecule is COc1cc(F)c(OC2CCC(C)(C(=O)OCc3cccc4ccccc34)CC2)cc1C(=O)N[C@H]1CCCCCC[C@H]1C(=O)NCC1(C)CCC1. The Balaban J connectivity index is 1.08. The van der Waals surface area contributed by atoms with Crippen molar-refractivity contribution >= 4 is 28.6 Å². The molecule has 0 aromatic heterocycles. The predicted octanol–water partition coefficient (Wildman–Crippen LogP) is 8.43. The minimum absolute atomic E-state index is 0.00726. The summed E-state index contributed by atoms with van der Waals surface area (Å²) in [6.07, 6.45) is 10.6.